The van der Waals surface area contributed by atoms with Crippen LogP contribution in [0.2, 0.25) is 0 Å². The van der Waals surface area contributed by atoms with Crippen molar-refractivity contribution in [1.82, 2.24) is 19.9 Å². The van der Waals surface area contributed by atoms with Gasteiger partial charge in [-0.2, -0.15) is 0 Å². The zero-order chi connectivity index (χ0) is 35.7. The number of hydrogen-bond acceptors (Lipinski definition) is 7. The van der Waals surface area contributed by atoms with Crippen molar-refractivity contribution in [2.45, 2.75) is 0 Å². The van der Waals surface area contributed by atoms with E-state index in [1.165, 1.54) is 0 Å². The Balaban J connectivity index is 1.15. The fourth-order valence-corrected chi connectivity index (χ4v) is 7.02. The van der Waals surface area contributed by atoms with Crippen LogP contribution in [0.1, 0.15) is 11.1 Å². The number of rotatable bonds is 6. The summed E-state index contributed by atoms with van der Waals surface area (Å²) in [6.07, 6.45) is 3.71. The molecule has 0 amide bonds. The zero-order valence-electron chi connectivity index (χ0n) is 28.3. The van der Waals surface area contributed by atoms with E-state index in [-0.39, 0.29) is 0 Å². The lowest BCUT2D eigenvalue weighted by atomic mass is 9.87. The van der Waals surface area contributed by atoms with Crippen LogP contribution in [0.25, 0.3) is 84.7 Å². The number of allylic oxidation sites excluding steroid dienone is 1. The topological polar surface area (TPSA) is 87.8 Å². The molecule has 53 heavy (non-hydrogen) atoms. The van der Waals surface area contributed by atoms with E-state index < -0.39 is 0 Å². The SMILES string of the molecule is N=C1C=Cc2c(-c3ccccc3)nc3cc(-c4cccc(-c5nc(-c6ccccc6)nc(-c6ccc(-c7ccccc7)cc6)n5)c4)ccc3c2C1=NS. The van der Waals surface area contributed by atoms with Crippen LogP contribution >= 0.6 is 12.8 Å². The van der Waals surface area contributed by atoms with Gasteiger partial charge >= 0.3 is 0 Å². The molecule has 0 bridgehead atoms. The van der Waals surface area contributed by atoms with Crippen molar-refractivity contribution < 1.29 is 0 Å². The molecule has 250 valence electrons. The van der Waals surface area contributed by atoms with Crippen LogP contribution in [-0.4, -0.2) is 31.4 Å². The number of nitrogens with one attached hydrogen (secondary N) is 1. The zero-order valence-corrected chi connectivity index (χ0v) is 29.2. The first-order valence-electron chi connectivity index (χ1n) is 17.2. The van der Waals surface area contributed by atoms with Crippen LogP contribution in [0.5, 0.6) is 0 Å². The van der Waals surface area contributed by atoms with E-state index in [1.54, 1.807) is 6.08 Å². The third kappa shape index (κ3) is 6.13. The van der Waals surface area contributed by atoms with E-state index in [0.29, 0.717) is 28.9 Å². The highest BCUT2D eigenvalue weighted by molar-refractivity contribution is 7.79. The number of hydrogen-bond donors (Lipinski definition) is 2. The van der Waals surface area contributed by atoms with Crippen molar-refractivity contribution in [3.63, 3.8) is 0 Å². The van der Waals surface area contributed by atoms with Crippen molar-refractivity contribution in [2.75, 3.05) is 0 Å². The summed E-state index contributed by atoms with van der Waals surface area (Å²) >= 11 is 4.27. The second-order valence-corrected chi connectivity index (χ2v) is 12.9. The van der Waals surface area contributed by atoms with E-state index in [1.807, 2.05) is 84.9 Å². The molecule has 8 aromatic rings. The minimum Gasteiger partial charge on any atom is -0.299 e. The first-order chi connectivity index (χ1) is 26.1. The highest BCUT2D eigenvalue weighted by Crippen LogP contribution is 2.37. The lowest BCUT2D eigenvalue weighted by Crippen LogP contribution is -2.18. The van der Waals surface area contributed by atoms with Gasteiger partial charge in [-0.3, -0.25) is 5.41 Å². The van der Waals surface area contributed by atoms with Crippen LogP contribution < -0.4 is 0 Å². The Morgan fingerprint density at radius 3 is 1.58 bits per heavy atom. The van der Waals surface area contributed by atoms with Gasteiger partial charge in [-0.25, -0.2) is 24.3 Å². The summed E-state index contributed by atoms with van der Waals surface area (Å²) in [6, 6.07) is 53.3. The minimum atomic E-state index is 0.314. The lowest BCUT2D eigenvalue weighted by molar-refractivity contribution is 1.07. The molecule has 1 aliphatic carbocycles. The van der Waals surface area contributed by atoms with Gasteiger partial charge in [0, 0.05) is 38.8 Å². The largest absolute Gasteiger partial charge is 0.299 e. The average molecular weight is 699 g/mol. The van der Waals surface area contributed by atoms with Gasteiger partial charge in [-0.05, 0) is 59.4 Å². The Morgan fingerprint density at radius 1 is 0.434 bits per heavy atom. The standard InChI is InChI=1S/C46H30N6S/c47-39-26-25-38-41(43(39)52-53)37-24-23-35(28-40(37)48-42(38)31-13-6-2-7-14-31)34-17-10-18-36(27-34)46-50-44(32-15-8-3-9-16-32)49-45(51-46)33-21-19-30(20-22-33)29-11-4-1-5-12-29/h1-28,47,53H. The second kappa shape index (κ2) is 13.7. The number of nitrogens with zero attached hydrogens (tertiary/aromatic N) is 5. The molecule has 1 N–H and O–H groups in total. The molecule has 0 unspecified atom stereocenters. The fraction of sp³-hybridized carbons (Fsp3) is 0. The summed E-state index contributed by atoms with van der Waals surface area (Å²) in [6.45, 7) is 0. The van der Waals surface area contributed by atoms with E-state index in [0.717, 1.165) is 72.2 Å². The Morgan fingerprint density at radius 2 is 0.925 bits per heavy atom. The molecule has 6 aromatic carbocycles. The van der Waals surface area contributed by atoms with Crippen molar-refractivity contribution in [3.8, 4) is 67.7 Å². The van der Waals surface area contributed by atoms with Crippen LogP contribution in [-0.2, 0) is 0 Å². The predicted octanol–water partition coefficient (Wildman–Crippen LogP) is 11.1. The molecule has 2 heterocycles. The van der Waals surface area contributed by atoms with Gasteiger partial charge in [-0.1, -0.05) is 146 Å². The van der Waals surface area contributed by atoms with Gasteiger partial charge in [0.1, 0.15) is 5.71 Å². The summed E-state index contributed by atoms with van der Waals surface area (Å²) in [7, 11) is 0. The molecule has 0 radical (unpaired) electrons. The maximum Gasteiger partial charge on any atom is 0.164 e. The highest BCUT2D eigenvalue weighted by Gasteiger charge is 2.24. The quantitative estimate of drug-likeness (QED) is 0.169. The molecule has 0 aliphatic heterocycles. The summed E-state index contributed by atoms with van der Waals surface area (Å²) in [5.41, 5.74) is 12.2. The van der Waals surface area contributed by atoms with E-state index >= 15 is 0 Å². The molecule has 1 aliphatic rings. The molecule has 0 atom stereocenters. The maximum absolute atomic E-state index is 8.59. The van der Waals surface area contributed by atoms with Crippen molar-refractivity contribution in [3.05, 3.63) is 175 Å². The molecule has 7 heteroatoms. The van der Waals surface area contributed by atoms with Crippen molar-refractivity contribution >= 4 is 41.2 Å². The Labute approximate surface area is 312 Å². The third-order valence-corrected chi connectivity index (χ3v) is 9.65. The smallest absolute Gasteiger partial charge is 0.164 e. The first-order valence-corrected chi connectivity index (χ1v) is 17.6. The molecule has 9 rings (SSSR count). The molecular formula is C46H30N6S. The van der Waals surface area contributed by atoms with Crippen molar-refractivity contribution in [2.24, 2.45) is 4.40 Å². The first kappa shape index (κ1) is 32.1. The normalized spacial score (nSPS) is 13.0. The lowest BCUT2D eigenvalue weighted by Gasteiger charge is -2.20. The van der Waals surface area contributed by atoms with E-state index in [4.69, 9.17) is 25.3 Å². The number of pyridine rings is 1. The van der Waals surface area contributed by atoms with Gasteiger partial charge in [0.2, 0.25) is 0 Å². The minimum absolute atomic E-state index is 0.314. The van der Waals surface area contributed by atoms with Crippen LogP contribution in [0.4, 0.5) is 0 Å². The van der Waals surface area contributed by atoms with E-state index in [9.17, 15) is 0 Å². The molecule has 0 spiro atoms. The fourth-order valence-electron chi connectivity index (χ4n) is 6.81. The Kier molecular flexibility index (Phi) is 8.31. The maximum atomic E-state index is 8.59. The van der Waals surface area contributed by atoms with Crippen molar-refractivity contribution in [1.29, 1.82) is 5.41 Å². The van der Waals surface area contributed by atoms with Crippen LogP contribution in [0, 0.1) is 5.41 Å². The molecule has 0 saturated carbocycles. The third-order valence-electron chi connectivity index (χ3n) is 9.45. The summed E-state index contributed by atoms with van der Waals surface area (Å²) < 4.78 is 4.25. The number of benzene rings is 6. The summed E-state index contributed by atoms with van der Waals surface area (Å²) in [4.78, 5) is 20.1. The Hall–Kier alpha value is -6.83. The molecule has 0 fully saturated rings. The van der Waals surface area contributed by atoms with Gasteiger partial charge in [0.05, 0.1) is 16.9 Å². The number of thiol groups is 1. The van der Waals surface area contributed by atoms with Crippen LogP contribution in [0.15, 0.2) is 168 Å². The van der Waals surface area contributed by atoms with Gasteiger partial charge in [0.25, 0.3) is 0 Å². The summed E-state index contributed by atoms with van der Waals surface area (Å²) in [5.74, 6) is 1.80. The van der Waals surface area contributed by atoms with E-state index in [2.05, 4.69) is 96.1 Å². The molecule has 0 saturated heterocycles. The molecule has 2 aromatic heterocycles. The second-order valence-electron chi connectivity index (χ2n) is 12.7. The van der Waals surface area contributed by atoms with Gasteiger partial charge in [0.15, 0.2) is 17.5 Å². The number of aromatic nitrogens is 4. The molecular weight excluding hydrogens is 669 g/mol. The monoisotopic (exact) mass is 698 g/mol. The average Bonchev–Trinajstić information content (AvgIpc) is 3.24. The Bertz CT molecular complexity index is 2730. The molecule has 6 nitrogen and oxygen atoms in total. The summed E-state index contributed by atoms with van der Waals surface area (Å²) in [5, 5.41) is 9.50. The van der Waals surface area contributed by atoms with Gasteiger partial charge in [-0.15, -0.1) is 0 Å². The number of fused-ring (bicyclic) bond motifs is 3. The van der Waals surface area contributed by atoms with Gasteiger partial charge < -0.3 is 0 Å². The predicted molar refractivity (Wildman–Crippen MR) is 220 cm³/mol. The highest BCUT2D eigenvalue weighted by atomic mass is 32.1. The van der Waals surface area contributed by atoms with Crippen LogP contribution in [0.3, 0.4) is 0 Å².